The van der Waals surface area contributed by atoms with Gasteiger partial charge in [-0.3, -0.25) is 4.90 Å². The van der Waals surface area contributed by atoms with E-state index in [9.17, 15) is 17.6 Å². The third-order valence-electron chi connectivity index (χ3n) is 6.89. The third-order valence-corrected chi connectivity index (χ3v) is 7.81. The zero-order valence-corrected chi connectivity index (χ0v) is 18.2. The highest BCUT2D eigenvalue weighted by atomic mass is 32.2. The standard InChI is InChI=1S/C21H30FN3O3S/c1-23(2)21(17-5-4-6-18(22)11-17)13-20(14-21)15-24(9-10-29(3,27)28)19(26)25(20)12-16-7-8-16/h4-6,11,16H,7-10,12-15H2,1-3H3/t20-,21+. The van der Waals surface area contributed by atoms with E-state index in [1.54, 1.807) is 17.0 Å². The number of hydrogen-bond acceptors (Lipinski definition) is 4. The van der Waals surface area contributed by atoms with Gasteiger partial charge >= 0.3 is 6.03 Å². The van der Waals surface area contributed by atoms with E-state index < -0.39 is 9.84 Å². The maximum atomic E-state index is 13.9. The second kappa shape index (κ2) is 6.94. The molecule has 0 aromatic heterocycles. The number of urea groups is 1. The summed E-state index contributed by atoms with van der Waals surface area (Å²) < 4.78 is 37.2. The molecule has 6 nitrogen and oxygen atoms in total. The van der Waals surface area contributed by atoms with Crippen molar-refractivity contribution >= 4 is 15.9 Å². The van der Waals surface area contributed by atoms with E-state index in [0.29, 0.717) is 12.5 Å². The van der Waals surface area contributed by atoms with Crippen molar-refractivity contribution in [2.45, 2.75) is 36.8 Å². The lowest BCUT2D eigenvalue weighted by molar-refractivity contribution is -0.0708. The van der Waals surface area contributed by atoms with Gasteiger partial charge in [0.05, 0.1) is 16.8 Å². The molecule has 1 heterocycles. The molecule has 0 bridgehead atoms. The predicted molar refractivity (Wildman–Crippen MR) is 110 cm³/mol. The molecule has 160 valence electrons. The molecule has 3 fully saturated rings. The van der Waals surface area contributed by atoms with Crippen LogP contribution in [0.1, 0.15) is 31.2 Å². The Hall–Kier alpha value is -1.67. The molecule has 1 saturated heterocycles. The fraction of sp³-hybridized carbons (Fsp3) is 0.667. The Morgan fingerprint density at radius 1 is 1.24 bits per heavy atom. The van der Waals surface area contributed by atoms with Crippen molar-refractivity contribution in [2.75, 3.05) is 45.7 Å². The van der Waals surface area contributed by atoms with Crippen molar-refractivity contribution in [1.29, 1.82) is 0 Å². The van der Waals surface area contributed by atoms with Gasteiger partial charge in [0.1, 0.15) is 15.7 Å². The van der Waals surface area contributed by atoms with Crippen LogP contribution in [0.2, 0.25) is 0 Å². The van der Waals surface area contributed by atoms with Gasteiger partial charge in [-0.05, 0) is 63.4 Å². The molecule has 1 aromatic carbocycles. The second-order valence-electron chi connectivity index (χ2n) is 9.40. The average Bonchev–Trinajstić information content (AvgIpc) is 3.36. The van der Waals surface area contributed by atoms with Crippen LogP contribution in [0.25, 0.3) is 0 Å². The van der Waals surface area contributed by atoms with Gasteiger partial charge in [-0.1, -0.05) is 12.1 Å². The number of halogens is 1. The van der Waals surface area contributed by atoms with E-state index in [1.807, 2.05) is 25.1 Å². The highest BCUT2D eigenvalue weighted by Crippen LogP contribution is 2.57. The maximum Gasteiger partial charge on any atom is 0.320 e. The molecule has 0 unspecified atom stereocenters. The summed E-state index contributed by atoms with van der Waals surface area (Å²) in [5.74, 6) is 0.278. The van der Waals surface area contributed by atoms with E-state index >= 15 is 0 Å². The quantitative estimate of drug-likeness (QED) is 0.675. The lowest BCUT2D eigenvalue weighted by Crippen LogP contribution is -2.67. The molecule has 2 saturated carbocycles. The molecular formula is C21H30FN3O3S. The molecule has 0 radical (unpaired) electrons. The monoisotopic (exact) mass is 423 g/mol. The summed E-state index contributed by atoms with van der Waals surface area (Å²) in [6.45, 7) is 1.51. The van der Waals surface area contributed by atoms with Crippen LogP contribution in [0.5, 0.6) is 0 Å². The van der Waals surface area contributed by atoms with E-state index in [4.69, 9.17) is 0 Å². The van der Waals surface area contributed by atoms with Crippen LogP contribution in [0, 0.1) is 11.7 Å². The van der Waals surface area contributed by atoms with Crippen LogP contribution in [-0.2, 0) is 15.4 Å². The molecule has 1 spiro atoms. The highest BCUT2D eigenvalue weighted by molar-refractivity contribution is 7.90. The summed E-state index contributed by atoms with van der Waals surface area (Å²) in [6, 6.07) is 6.69. The molecule has 3 aliphatic rings. The molecule has 1 aliphatic heterocycles. The topological polar surface area (TPSA) is 60.9 Å². The van der Waals surface area contributed by atoms with Crippen LogP contribution < -0.4 is 0 Å². The van der Waals surface area contributed by atoms with Gasteiger partial charge < -0.3 is 9.80 Å². The molecule has 0 atom stereocenters. The second-order valence-corrected chi connectivity index (χ2v) is 11.7. The van der Waals surface area contributed by atoms with Gasteiger partial charge in [0.2, 0.25) is 0 Å². The zero-order valence-electron chi connectivity index (χ0n) is 17.4. The first kappa shape index (κ1) is 20.6. The molecule has 4 rings (SSSR count). The summed E-state index contributed by atoms with van der Waals surface area (Å²) in [5, 5.41) is 0. The Balaban J connectivity index is 1.60. The number of sulfone groups is 1. The lowest BCUT2D eigenvalue weighted by Gasteiger charge is -2.60. The summed E-state index contributed by atoms with van der Waals surface area (Å²) in [6.07, 6.45) is 4.95. The van der Waals surface area contributed by atoms with Crippen molar-refractivity contribution in [3.05, 3.63) is 35.6 Å². The largest absolute Gasteiger partial charge is 0.321 e. The Bertz CT molecular complexity index is 908. The van der Waals surface area contributed by atoms with Crippen molar-refractivity contribution in [2.24, 2.45) is 5.92 Å². The maximum absolute atomic E-state index is 13.9. The number of benzene rings is 1. The first-order valence-corrected chi connectivity index (χ1v) is 12.3. The van der Waals surface area contributed by atoms with Crippen molar-refractivity contribution in [3.8, 4) is 0 Å². The molecular weight excluding hydrogens is 393 g/mol. The molecule has 0 N–H and O–H groups in total. The minimum Gasteiger partial charge on any atom is -0.321 e. The van der Waals surface area contributed by atoms with Gasteiger partial charge in [-0.2, -0.15) is 0 Å². The van der Waals surface area contributed by atoms with Crippen molar-refractivity contribution in [3.63, 3.8) is 0 Å². The van der Waals surface area contributed by atoms with Crippen LogP contribution in [0.4, 0.5) is 9.18 Å². The smallest absolute Gasteiger partial charge is 0.320 e. The van der Waals surface area contributed by atoms with Crippen molar-refractivity contribution in [1.82, 2.24) is 14.7 Å². The Labute approximate surface area is 172 Å². The van der Waals surface area contributed by atoms with Gasteiger partial charge in [0.15, 0.2) is 0 Å². The molecule has 2 aliphatic carbocycles. The summed E-state index contributed by atoms with van der Waals surface area (Å²) in [5.41, 5.74) is 0.298. The van der Waals surface area contributed by atoms with Gasteiger partial charge in [-0.25, -0.2) is 17.6 Å². The summed E-state index contributed by atoms with van der Waals surface area (Å²) >= 11 is 0. The molecule has 8 heteroatoms. The van der Waals surface area contributed by atoms with E-state index in [-0.39, 0.29) is 35.2 Å². The number of hydrogen-bond donors (Lipinski definition) is 0. The van der Waals surface area contributed by atoms with Gasteiger partial charge in [-0.15, -0.1) is 0 Å². The molecule has 29 heavy (non-hydrogen) atoms. The predicted octanol–water partition coefficient (Wildman–Crippen LogP) is 2.31. The Kier molecular flexibility index (Phi) is 4.93. The van der Waals surface area contributed by atoms with Crippen LogP contribution in [-0.4, -0.2) is 80.4 Å². The van der Waals surface area contributed by atoms with E-state index in [1.165, 1.54) is 12.3 Å². The zero-order chi connectivity index (χ0) is 21.0. The summed E-state index contributed by atoms with van der Waals surface area (Å²) in [4.78, 5) is 19.0. The van der Waals surface area contributed by atoms with Crippen molar-refractivity contribution < 1.29 is 17.6 Å². The number of carbonyl (C=O) groups excluding carboxylic acids is 1. The minimum absolute atomic E-state index is 0.0190. The van der Waals surface area contributed by atoms with Gasteiger partial charge in [0, 0.05) is 25.9 Å². The lowest BCUT2D eigenvalue weighted by atomic mass is 9.58. The SMILES string of the molecule is CN(C)[C@]1(c2cccc(F)c2)C[C@@]2(CN(CCS(C)(=O)=O)C(=O)N2CC2CC2)C1. The first-order chi connectivity index (χ1) is 13.5. The van der Waals surface area contributed by atoms with E-state index in [2.05, 4.69) is 4.90 Å². The Morgan fingerprint density at radius 3 is 2.48 bits per heavy atom. The van der Waals surface area contributed by atoms with E-state index in [0.717, 1.165) is 37.8 Å². The fourth-order valence-corrected chi connectivity index (χ4v) is 5.61. The number of rotatable bonds is 7. The first-order valence-electron chi connectivity index (χ1n) is 10.2. The highest BCUT2D eigenvalue weighted by Gasteiger charge is 2.64. The number of amides is 2. The third kappa shape index (κ3) is 3.77. The fourth-order valence-electron chi connectivity index (χ4n) is 5.06. The van der Waals surface area contributed by atoms with Crippen LogP contribution in [0.3, 0.4) is 0 Å². The Morgan fingerprint density at radius 2 is 1.93 bits per heavy atom. The number of carbonyl (C=O) groups is 1. The average molecular weight is 424 g/mol. The van der Waals surface area contributed by atoms with Gasteiger partial charge in [0.25, 0.3) is 0 Å². The summed E-state index contributed by atoms with van der Waals surface area (Å²) in [7, 11) is 0.867. The normalized spacial score (nSPS) is 29.8. The number of nitrogens with zero attached hydrogens (tertiary/aromatic N) is 3. The molecule has 2 amide bonds. The minimum atomic E-state index is -3.14. The molecule has 1 aromatic rings. The van der Waals surface area contributed by atoms with Crippen LogP contribution in [0.15, 0.2) is 24.3 Å². The van der Waals surface area contributed by atoms with Crippen LogP contribution >= 0.6 is 0 Å².